The molecule has 2 unspecified atom stereocenters. The molecule has 0 amide bonds. The zero-order valence-corrected chi connectivity index (χ0v) is 12.8. The number of nitrogens with one attached hydrogen (secondary N) is 1. The van der Waals surface area contributed by atoms with E-state index in [-0.39, 0.29) is 0 Å². The van der Waals surface area contributed by atoms with Gasteiger partial charge in [0.1, 0.15) is 0 Å². The Labute approximate surface area is 125 Å². The van der Waals surface area contributed by atoms with Crippen LogP contribution in [0.5, 0.6) is 0 Å². The number of hydrogen-bond acceptors (Lipinski definition) is 5. The van der Waals surface area contributed by atoms with Gasteiger partial charge in [-0.05, 0) is 39.0 Å². The molecular formula is C16H25N3O2. The van der Waals surface area contributed by atoms with E-state index in [4.69, 9.17) is 9.15 Å². The van der Waals surface area contributed by atoms with Crippen LogP contribution in [0.25, 0.3) is 0 Å². The van der Waals surface area contributed by atoms with Crippen molar-refractivity contribution in [3.8, 4) is 0 Å². The third kappa shape index (κ3) is 2.35. The molecule has 1 aromatic rings. The van der Waals surface area contributed by atoms with Crippen molar-refractivity contribution in [2.45, 2.75) is 76.4 Å². The highest BCUT2D eigenvalue weighted by Gasteiger charge is 2.56. The van der Waals surface area contributed by atoms with Crippen LogP contribution in [0, 0.1) is 5.41 Å². The van der Waals surface area contributed by atoms with Crippen LogP contribution in [0.4, 0.5) is 6.01 Å². The Morgan fingerprint density at radius 3 is 2.76 bits per heavy atom. The molecule has 116 valence electrons. The number of ether oxygens (including phenoxy) is 1. The van der Waals surface area contributed by atoms with Crippen molar-refractivity contribution in [2.75, 3.05) is 11.9 Å². The van der Waals surface area contributed by atoms with Crippen LogP contribution >= 0.6 is 0 Å². The van der Waals surface area contributed by atoms with Gasteiger partial charge in [-0.2, -0.15) is 0 Å². The van der Waals surface area contributed by atoms with Gasteiger partial charge in [0, 0.05) is 24.0 Å². The molecule has 3 saturated carbocycles. The lowest BCUT2D eigenvalue weighted by molar-refractivity contribution is -0.134. The van der Waals surface area contributed by atoms with Gasteiger partial charge in [-0.3, -0.25) is 0 Å². The summed E-state index contributed by atoms with van der Waals surface area (Å²) >= 11 is 0. The summed E-state index contributed by atoms with van der Waals surface area (Å²) in [4.78, 5) is 0. The predicted molar refractivity (Wildman–Crippen MR) is 79.2 cm³/mol. The average Bonchev–Trinajstić information content (AvgIpc) is 3.27. The molecule has 2 atom stereocenters. The molecule has 1 N–H and O–H groups in total. The topological polar surface area (TPSA) is 60.2 Å². The zero-order chi connectivity index (χ0) is 14.3. The van der Waals surface area contributed by atoms with E-state index in [1.165, 1.54) is 44.9 Å². The Morgan fingerprint density at radius 1 is 1.24 bits per heavy atom. The van der Waals surface area contributed by atoms with Crippen molar-refractivity contribution < 1.29 is 9.15 Å². The minimum atomic E-state index is 0.294. The fourth-order valence-electron chi connectivity index (χ4n) is 4.20. The second-order valence-electron chi connectivity index (χ2n) is 6.89. The summed E-state index contributed by atoms with van der Waals surface area (Å²) in [5.41, 5.74) is 0.294. The highest BCUT2D eigenvalue weighted by Crippen LogP contribution is 2.54. The fraction of sp³-hybridized carbons (Fsp3) is 0.875. The minimum Gasteiger partial charge on any atom is -0.408 e. The molecule has 5 heteroatoms. The number of hydrogen-bond donors (Lipinski definition) is 1. The molecule has 1 spiro atoms. The van der Waals surface area contributed by atoms with Gasteiger partial charge in [-0.15, -0.1) is 5.10 Å². The quantitative estimate of drug-likeness (QED) is 0.900. The Kier molecular flexibility index (Phi) is 3.40. The Bertz CT molecular complexity index is 491. The van der Waals surface area contributed by atoms with Crippen LogP contribution in [0.15, 0.2) is 4.42 Å². The normalized spacial score (nSPS) is 31.1. The first-order valence-corrected chi connectivity index (χ1v) is 8.53. The summed E-state index contributed by atoms with van der Waals surface area (Å²) < 4.78 is 11.8. The number of anilines is 1. The van der Waals surface area contributed by atoms with Crippen LogP contribution in [0.3, 0.4) is 0 Å². The van der Waals surface area contributed by atoms with E-state index >= 15 is 0 Å². The SMILES string of the molecule is CCOC1CC(Nc2nnc(C3CC3)o2)C12CCCCC2. The van der Waals surface area contributed by atoms with Crippen molar-refractivity contribution in [1.82, 2.24) is 10.2 Å². The second kappa shape index (κ2) is 5.27. The molecule has 0 aliphatic heterocycles. The van der Waals surface area contributed by atoms with E-state index in [0.717, 1.165) is 18.9 Å². The van der Waals surface area contributed by atoms with Crippen molar-refractivity contribution in [3.05, 3.63) is 5.89 Å². The van der Waals surface area contributed by atoms with E-state index in [1.54, 1.807) is 0 Å². The Hall–Kier alpha value is -1.10. The second-order valence-corrected chi connectivity index (χ2v) is 6.89. The molecule has 1 heterocycles. The van der Waals surface area contributed by atoms with Gasteiger partial charge in [0.25, 0.3) is 0 Å². The molecule has 0 saturated heterocycles. The van der Waals surface area contributed by atoms with Crippen molar-refractivity contribution in [1.29, 1.82) is 0 Å². The third-order valence-corrected chi connectivity index (χ3v) is 5.60. The summed E-state index contributed by atoms with van der Waals surface area (Å²) in [6.07, 6.45) is 10.4. The fourth-order valence-corrected chi connectivity index (χ4v) is 4.20. The van der Waals surface area contributed by atoms with E-state index < -0.39 is 0 Å². The molecule has 3 aliphatic rings. The smallest absolute Gasteiger partial charge is 0.315 e. The zero-order valence-electron chi connectivity index (χ0n) is 12.8. The monoisotopic (exact) mass is 291 g/mol. The molecular weight excluding hydrogens is 266 g/mol. The maximum absolute atomic E-state index is 5.99. The molecule has 4 rings (SSSR count). The third-order valence-electron chi connectivity index (χ3n) is 5.60. The van der Waals surface area contributed by atoms with Crippen LogP contribution < -0.4 is 5.32 Å². The van der Waals surface area contributed by atoms with Gasteiger partial charge in [-0.1, -0.05) is 24.4 Å². The van der Waals surface area contributed by atoms with Crippen LogP contribution in [0.2, 0.25) is 0 Å². The first-order valence-electron chi connectivity index (χ1n) is 8.53. The lowest BCUT2D eigenvalue weighted by atomic mass is 9.55. The molecule has 3 fully saturated rings. The predicted octanol–water partition coefficient (Wildman–Crippen LogP) is 3.49. The first kappa shape index (κ1) is 13.6. The highest BCUT2D eigenvalue weighted by atomic mass is 16.5. The van der Waals surface area contributed by atoms with Crippen molar-refractivity contribution in [3.63, 3.8) is 0 Å². The first-order chi connectivity index (χ1) is 10.3. The number of nitrogens with zero attached hydrogens (tertiary/aromatic N) is 2. The molecule has 5 nitrogen and oxygen atoms in total. The number of rotatable bonds is 5. The van der Waals surface area contributed by atoms with Crippen LogP contribution in [-0.2, 0) is 4.74 Å². The standard InChI is InChI=1S/C16H25N3O2/c1-2-20-13-10-12(16(13)8-4-3-5-9-16)17-15-19-18-14(21-15)11-6-7-11/h11-13H,2-10H2,1H3,(H,17,19). The Morgan fingerprint density at radius 2 is 2.05 bits per heavy atom. The molecule has 21 heavy (non-hydrogen) atoms. The average molecular weight is 291 g/mol. The largest absolute Gasteiger partial charge is 0.408 e. The van der Waals surface area contributed by atoms with Crippen molar-refractivity contribution in [2.24, 2.45) is 5.41 Å². The minimum absolute atomic E-state index is 0.294. The summed E-state index contributed by atoms with van der Waals surface area (Å²) in [7, 11) is 0. The summed E-state index contributed by atoms with van der Waals surface area (Å²) in [6, 6.07) is 1.05. The lowest BCUT2D eigenvalue weighted by Crippen LogP contribution is -2.62. The van der Waals surface area contributed by atoms with Crippen molar-refractivity contribution >= 4 is 6.01 Å². The van der Waals surface area contributed by atoms with E-state index in [2.05, 4.69) is 22.4 Å². The molecule has 3 aliphatic carbocycles. The maximum atomic E-state index is 5.99. The molecule has 0 aromatic carbocycles. The summed E-state index contributed by atoms with van der Waals surface area (Å²) in [6.45, 7) is 2.91. The van der Waals surface area contributed by atoms with E-state index in [1.807, 2.05) is 0 Å². The molecule has 0 radical (unpaired) electrons. The van der Waals surface area contributed by atoms with Crippen LogP contribution in [-0.4, -0.2) is 29.0 Å². The summed E-state index contributed by atoms with van der Waals surface area (Å²) in [5.74, 6) is 1.34. The highest BCUT2D eigenvalue weighted by molar-refractivity contribution is 5.27. The summed E-state index contributed by atoms with van der Waals surface area (Å²) in [5, 5.41) is 11.9. The van der Waals surface area contributed by atoms with Gasteiger partial charge in [0.2, 0.25) is 5.89 Å². The number of aromatic nitrogens is 2. The lowest BCUT2D eigenvalue weighted by Gasteiger charge is -2.57. The van der Waals surface area contributed by atoms with Gasteiger partial charge in [0.15, 0.2) is 0 Å². The van der Waals surface area contributed by atoms with Gasteiger partial charge in [0.05, 0.1) is 6.10 Å². The molecule has 1 aromatic heterocycles. The van der Waals surface area contributed by atoms with Crippen LogP contribution in [0.1, 0.15) is 70.1 Å². The van der Waals surface area contributed by atoms with E-state index in [9.17, 15) is 0 Å². The molecule has 0 bridgehead atoms. The van der Waals surface area contributed by atoms with E-state index in [0.29, 0.717) is 29.5 Å². The van der Waals surface area contributed by atoms with Gasteiger partial charge in [-0.25, -0.2) is 0 Å². The van der Waals surface area contributed by atoms with Gasteiger partial charge >= 0.3 is 6.01 Å². The Balaban J connectivity index is 1.45. The maximum Gasteiger partial charge on any atom is 0.315 e. The van der Waals surface area contributed by atoms with Gasteiger partial charge < -0.3 is 14.5 Å².